The summed E-state index contributed by atoms with van der Waals surface area (Å²) in [6.07, 6.45) is 9.00. The molecule has 200 valence electrons. The number of rotatable bonds is 8. The number of nitrogens with one attached hydrogen (secondary N) is 1. The van der Waals surface area contributed by atoms with E-state index in [0.717, 1.165) is 42.7 Å². The van der Waals surface area contributed by atoms with E-state index >= 15 is 0 Å². The second-order valence-electron chi connectivity index (χ2n) is 8.86. The van der Waals surface area contributed by atoms with Gasteiger partial charge in [0.05, 0.1) is 32.0 Å². The highest BCUT2D eigenvalue weighted by Gasteiger charge is 2.22. The van der Waals surface area contributed by atoms with Gasteiger partial charge in [-0.2, -0.15) is 5.10 Å². The van der Waals surface area contributed by atoms with Crippen molar-refractivity contribution in [3.8, 4) is 28.3 Å². The van der Waals surface area contributed by atoms with Gasteiger partial charge in [-0.05, 0) is 31.0 Å². The number of aliphatic hydroxyl groups is 1. The number of benzene rings is 1. The summed E-state index contributed by atoms with van der Waals surface area (Å²) in [7, 11) is 1.48. The molecule has 12 heteroatoms. The summed E-state index contributed by atoms with van der Waals surface area (Å²) < 4.78 is 21.6. The third-order valence-corrected chi connectivity index (χ3v) is 6.28. The van der Waals surface area contributed by atoms with Gasteiger partial charge in [0, 0.05) is 60.6 Å². The molecule has 1 fully saturated rings. The number of halogens is 2. The quantitative estimate of drug-likeness (QED) is 0.307. The Labute approximate surface area is 226 Å². The fraction of sp³-hybridized carbons (Fsp3) is 0.308. The van der Waals surface area contributed by atoms with E-state index in [9.17, 15) is 9.50 Å². The van der Waals surface area contributed by atoms with Gasteiger partial charge in [0.15, 0.2) is 5.82 Å². The molecule has 38 heavy (non-hydrogen) atoms. The van der Waals surface area contributed by atoms with E-state index in [1.54, 1.807) is 41.5 Å². The number of hydrogen-bond donors (Lipinski definition) is 3. The Morgan fingerprint density at radius 3 is 2.87 bits per heavy atom. The highest BCUT2D eigenvalue weighted by Crippen LogP contribution is 2.35. The third-order valence-electron chi connectivity index (χ3n) is 6.28. The highest BCUT2D eigenvalue weighted by molar-refractivity contribution is 5.85. The zero-order valence-electron chi connectivity index (χ0n) is 20.9. The van der Waals surface area contributed by atoms with Gasteiger partial charge < -0.3 is 25.8 Å². The van der Waals surface area contributed by atoms with E-state index in [-0.39, 0.29) is 36.4 Å². The van der Waals surface area contributed by atoms with Gasteiger partial charge in [-0.1, -0.05) is 6.07 Å². The highest BCUT2D eigenvalue weighted by atomic mass is 35.5. The summed E-state index contributed by atoms with van der Waals surface area (Å²) in [5.74, 6) is 1.13. The van der Waals surface area contributed by atoms with E-state index in [1.165, 1.54) is 13.2 Å². The molecule has 1 aliphatic heterocycles. The number of anilines is 3. The summed E-state index contributed by atoms with van der Waals surface area (Å²) in [4.78, 5) is 15.6. The lowest BCUT2D eigenvalue weighted by molar-refractivity contribution is 0.269. The van der Waals surface area contributed by atoms with Crippen LogP contribution >= 0.6 is 12.4 Å². The maximum absolute atomic E-state index is 14.6. The minimum absolute atomic E-state index is 0. The van der Waals surface area contributed by atoms with E-state index in [2.05, 4.69) is 30.3 Å². The van der Waals surface area contributed by atoms with Gasteiger partial charge in [-0.3, -0.25) is 4.68 Å². The molecule has 1 atom stereocenters. The van der Waals surface area contributed by atoms with Gasteiger partial charge >= 0.3 is 0 Å². The lowest BCUT2D eigenvalue weighted by Gasteiger charge is -2.34. The average molecular weight is 541 g/mol. The van der Waals surface area contributed by atoms with Gasteiger partial charge in [0.25, 0.3) is 0 Å². The maximum Gasteiger partial charge on any atom is 0.168 e. The molecular weight excluding hydrogens is 511 g/mol. The Bertz CT molecular complexity index is 1390. The summed E-state index contributed by atoms with van der Waals surface area (Å²) in [6, 6.07) is 8.33. The lowest BCUT2D eigenvalue weighted by atomic mass is 10.0. The number of pyridine rings is 1. The molecule has 1 aliphatic rings. The Hall–Kier alpha value is -3.80. The van der Waals surface area contributed by atoms with Crippen LogP contribution in [0.3, 0.4) is 0 Å². The van der Waals surface area contributed by atoms with Crippen LogP contribution in [0, 0.1) is 5.82 Å². The number of methoxy groups -OCH3 is 1. The van der Waals surface area contributed by atoms with Crippen LogP contribution in [0.4, 0.5) is 21.7 Å². The molecule has 0 bridgehead atoms. The Kier molecular flexibility index (Phi) is 8.72. The van der Waals surface area contributed by atoms with Gasteiger partial charge in [-0.15, -0.1) is 12.4 Å². The van der Waals surface area contributed by atoms with Crippen LogP contribution in [-0.4, -0.2) is 62.7 Å². The fourth-order valence-electron chi connectivity index (χ4n) is 4.52. The van der Waals surface area contributed by atoms with Gasteiger partial charge in [0.2, 0.25) is 0 Å². The zero-order chi connectivity index (χ0) is 25.8. The van der Waals surface area contributed by atoms with Crippen molar-refractivity contribution >= 4 is 29.7 Å². The molecule has 1 aromatic carbocycles. The van der Waals surface area contributed by atoms with Crippen LogP contribution in [0.15, 0.2) is 55.1 Å². The van der Waals surface area contributed by atoms with Crippen molar-refractivity contribution in [2.45, 2.75) is 25.4 Å². The average Bonchev–Trinajstić information content (AvgIpc) is 3.37. The Morgan fingerprint density at radius 2 is 2.08 bits per heavy atom. The van der Waals surface area contributed by atoms with Crippen molar-refractivity contribution in [2.24, 2.45) is 5.73 Å². The molecular formula is C26H30ClFN8O2. The number of piperidine rings is 1. The monoisotopic (exact) mass is 540 g/mol. The molecule has 0 radical (unpaired) electrons. The van der Waals surface area contributed by atoms with E-state index < -0.39 is 5.82 Å². The molecule has 3 aromatic heterocycles. The number of nitrogens with two attached hydrogens (primary N) is 1. The predicted octanol–water partition coefficient (Wildman–Crippen LogP) is 3.64. The number of aliphatic hydroxyl groups excluding tert-OH is 1. The first-order valence-electron chi connectivity index (χ1n) is 12.1. The predicted molar refractivity (Wildman–Crippen MR) is 146 cm³/mol. The molecule has 5 rings (SSSR count). The Balaban J connectivity index is 0.00000336. The van der Waals surface area contributed by atoms with Gasteiger partial charge in [0.1, 0.15) is 23.2 Å². The van der Waals surface area contributed by atoms with Crippen LogP contribution in [0.5, 0.6) is 5.75 Å². The molecule has 1 saturated heterocycles. The van der Waals surface area contributed by atoms with Crippen LogP contribution in [0.2, 0.25) is 0 Å². The fourth-order valence-corrected chi connectivity index (χ4v) is 4.52. The molecule has 0 saturated carbocycles. The zero-order valence-corrected chi connectivity index (χ0v) is 21.7. The first-order valence-corrected chi connectivity index (χ1v) is 12.1. The molecule has 4 heterocycles. The first kappa shape index (κ1) is 27.2. The molecule has 0 aliphatic carbocycles. The topological polar surface area (TPSA) is 127 Å². The minimum atomic E-state index is -0.468. The van der Waals surface area contributed by atoms with E-state index in [4.69, 9.17) is 10.5 Å². The minimum Gasteiger partial charge on any atom is -0.496 e. The van der Waals surface area contributed by atoms with Crippen LogP contribution in [0.1, 0.15) is 12.8 Å². The lowest BCUT2D eigenvalue weighted by Crippen LogP contribution is -2.43. The SMILES string of the molecule is COc1cccc(F)c1-c1nccc(Nc2cc(N3CCC[C@H](N)C3)c(-c3cnn(CCO)c3)cn2)n1.Cl. The molecule has 0 amide bonds. The molecule has 4 aromatic rings. The van der Waals surface area contributed by atoms with Crippen molar-refractivity contribution in [3.63, 3.8) is 0 Å². The summed E-state index contributed by atoms with van der Waals surface area (Å²) >= 11 is 0. The smallest absolute Gasteiger partial charge is 0.168 e. The van der Waals surface area contributed by atoms with Crippen molar-refractivity contribution in [1.82, 2.24) is 24.7 Å². The van der Waals surface area contributed by atoms with Crippen LogP contribution in [0.25, 0.3) is 22.5 Å². The normalized spacial score (nSPS) is 15.2. The van der Waals surface area contributed by atoms with Crippen molar-refractivity contribution < 1.29 is 14.2 Å². The second kappa shape index (κ2) is 12.2. The van der Waals surface area contributed by atoms with Crippen molar-refractivity contribution in [1.29, 1.82) is 0 Å². The summed E-state index contributed by atoms with van der Waals surface area (Å²) in [6.45, 7) is 2.03. The standard InChI is InChI=1S/C26H29FN8O2.ClH/c1-37-22-6-2-5-20(27)25(22)26-29-8-7-23(33-26)32-24-12-21(34-9-3-4-18(28)16-34)19(14-30-24)17-13-31-35(15-17)10-11-36;/h2,5-8,12-15,18,36H,3-4,9-11,16,28H2,1H3,(H,29,30,32,33);1H/t18-;/m0./s1. The molecule has 0 spiro atoms. The first-order chi connectivity index (χ1) is 18.1. The maximum atomic E-state index is 14.6. The molecule has 10 nitrogen and oxygen atoms in total. The van der Waals surface area contributed by atoms with Gasteiger partial charge in [-0.25, -0.2) is 19.3 Å². The third kappa shape index (κ3) is 5.85. The Morgan fingerprint density at radius 1 is 1.21 bits per heavy atom. The second-order valence-corrected chi connectivity index (χ2v) is 8.86. The number of hydrogen-bond acceptors (Lipinski definition) is 9. The number of ether oxygens (including phenoxy) is 1. The number of nitrogens with zero attached hydrogens (tertiary/aromatic N) is 6. The largest absolute Gasteiger partial charge is 0.496 e. The summed E-state index contributed by atoms with van der Waals surface area (Å²) in [5.41, 5.74) is 9.28. The van der Waals surface area contributed by atoms with Crippen molar-refractivity contribution in [2.75, 3.05) is 37.0 Å². The van der Waals surface area contributed by atoms with Crippen LogP contribution in [-0.2, 0) is 6.54 Å². The molecule has 4 N–H and O–H groups in total. The van der Waals surface area contributed by atoms with Crippen LogP contribution < -0.4 is 20.7 Å². The summed E-state index contributed by atoms with van der Waals surface area (Å²) in [5, 5.41) is 16.8. The molecule has 0 unspecified atom stereocenters. The van der Waals surface area contributed by atoms with E-state index in [1.807, 2.05) is 12.3 Å². The van der Waals surface area contributed by atoms with Crippen molar-refractivity contribution in [3.05, 3.63) is 60.9 Å². The number of aromatic nitrogens is 5. The van der Waals surface area contributed by atoms with E-state index in [0.29, 0.717) is 23.9 Å².